The van der Waals surface area contributed by atoms with Gasteiger partial charge in [0.2, 0.25) is 0 Å². The van der Waals surface area contributed by atoms with Gasteiger partial charge in [-0.1, -0.05) is 18.2 Å². The van der Waals surface area contributed by atoms with Crippen molar-refractivity contribution in [1.82, 2.24) is 0 Å². The summed E-state index contributed by atoms with van der Waals surface area (Å²) in [5.41, 5.74) is 0.585. The molecule has 23 heavy (non-hydrogen) atoms. The van der Waals surface area contributed by atoms with Crippen LogP contribution in [0.5, 0.6) is 0 Å². The normalized spacial score (nSPS) is 13.9. The number of hydrogen-bond acceptors (Lipinski definition) is 4. The van der Waals surface area contributed by atoms with Crippen LogP contribution >= 0.6 is 0 Å². The van der Waals surface area contributed by atoms with Gasteiger partial charge in [-0.05, 0) is 12.1 Å². The summed E-state index contributed by atoms with van der Waals surface area (Å²) in [4.78, 5) is 20.5. The number of halogens is 3. The molecule has 0 aromatic heterocycles. The maximum Gasteiger partial charge on any atom is 0.430 e. The van der Waals surface area contributed by atoms with Crippen molar-refractivity contribution in [1.29, 1.82) is 0 Å². The predicted octanol–water partition coefficient (Wildman–Crippen LogP) is 1.14. The lowest BCUT2D eigenvalue weighted by Crippen LogP contribution is -2.37. The van der Waals surface area contributed by atoms with Gasteiger partial charge in [-0.25, -0.2) is 9.37 Å². The highest BCUT2D eigenvalue weighted by atomic mass is 19.4. The number of carboxylic acid groups (broad SMARTS) is 1. The van der Waals surface area contributed by atoms with Crippen LogP contribution in [0.4, 0.5) is 13.2 Å². The highest BCUT2D eigenvalue weighted by Crippen LogP contribution is 2.12. The number of alkyl halides is 3. The van der Waals surface area contributed by atoms with Crippen molar-refractivity contribution in [3.8, 4) is 0 Å². The molecule has 1 aliphatic rings. The Morgan fingerprint density at radius 2 is 1.78 bits per heavy atom. The van der Waals surface area contributed by atoms with Gasteiger partial charge in [-0.3, -0.25) is 0 Å². The standard InChI is InChI=1S/C13H14NO2.C2HF3O2/c1-14-9-7-12(8-10-14)16-13(15)11-5-3-2-4-6-11;3-2(4,5)1(6)7/h2-7,9H,8,10H2,1H3;(H,6,7)/q+1;/p-1. The van der Waals surface area contributed by atoms with Gasteiger partial charge in [0.25, 0.3) is 0 Å². The van der Waals surface area contributed by atoms with Crippen molar-refractivity contribution in [2.45, 2.75) is 12.6 Å². The minimum Gasteiger partial charge on any atom is -0.542 e. The molecule has 8 heteroatoms. The van der Waals surface area contributed by atoms with Crippen LogP contribution in [0, 0.1) is 0 Å². The van der Waals surface area contributed by atoms with Gasteiger partial charge in [0.15, 0.2) is 6.21 Å². The van der Waals surface area contributed by atoms with E-state index in [9.17, 15) is 18.0 Å². The molecular formula is C15H14F3NO4. The van der Waals surface area contributed by atoms with E-state index in [1.807, 2.05) is 37.5 Å². The predicted molar refractivity (Wildman–Crippen MR) is 72.7 cm³/mol. The molecule has 0 aliphatic carbocycles. The molecule has 124 valence electrons. The van der Waals surface area contributed by atoms with Crippen molar-refractivity contribution >= 4 is 18.2 Å². The zero-order valence-electron chi connectivity index (χ0n) is 12.2. The highest BCUT2D eigenvalue weighted by Gasteiger charge is 2.28. The first kappa shape index (κ1) is 18.4. The Kier molecular flexibility index (Phi) is 6.49. The molecule has 1 aliphatic heterocycles. The van der Waals surface area contributed by atoms with E-state index >= 15 is 0 Å². The van der Waals surface area contributed by atoms with E-state index in [0.717, 1.165) is 18.7 Å². The third kappa shape index (κ3) is 6.77. The molecule has 2 rings (SSSR count). The van der Waals surface area contributed by atoms with Gasteiger partial charge in [-0.2, -0.15) is 13.2 Å². The summed E-state index contributed by atoms with van der Waals surface area (Å²) in [5, 5.41) is 8.78. The summed E-state index contributed by atoms with van der Waals surface area (Å²) in [5.74, 6) is -2.57. The lowest BCUT2D eigenvalue weighted by molar-refractivity contribution is -0.493. The third-order valence-corrected chi connectivity index (χ3v) is 2.69. The van der Waals surface area contributed by atoms with Crippen LogP contribution in [-0.2, 0) is 9.53 Å². The van der Waals surface area contributed by atoms with Crippen LogP contribution < -0.4 is 5.11 Å². The number of carboxylic acids is 1. The van der Waals surface area contributed by atoms with Gasteiger partial charge in [-0.15, -0.1) is 0 Å². The summed E-state index contributed by atoms with van der Waals surface area (Å²) < 4.78 is 38.9. The summed E-state index contributed by atoms with van der Waals surface area (Å²) in [7, 11) is 1.99. The van der Waals surface area contributed by atoms with Crippen LogP contribution in [0.1, 0.15) is 16.8 Å². The number of aliphatic carboxylic acids is 1. The second kappa shape index (κ2) is 8.11. The summed E-state index contributed by atoms with van der Waals surface area (Å²) >= 11 is 0. The fourth-order valence-electron chi connectivity index (χ4n) is 1.49. The molecule has 5 nitrogen and oxygen atoms in total. The number of esters is 1. The van der Waals surface area contributed by atoms with E-state index in [1.165, 1.54) is 0 Å². The van der Waals surface area contributed by atoms with Crippen molar-refractivity contribution < 1.29 is 37.2 Å². The lowest BCUT2D eigenvalue weighted by Gasteiger charge is -2.09. The van der Waals surface area contributed by atoms with Crippen molar-refractivity contribution in [2.75, 3.05) is 13.6 Å². The van der Waals surface area contributed by atoms with Crippen molar-refractivity contribution in [2.24, 2.45) is 0 Å². The fourth-order valence-corrected chi connectivity index (χ4v) is 1.49. The van der Waals surface area contributed by atoms with Gasteiger partial charge >= 0.3 is 12.1 Å². The van der Waals surface area contributed by atoms with E-state index in [2.05, 4.69) is 4.58 Å². The van der Waals surface area contributed by atoms with E-state index in [1.54, 1.807) is 12.1 Å². The summed E-state index contributed by atoms with van der Waals surface area (Å²) in [6.07, 6.45) is -0.674. The Hall–Kier alpha value is -2.64. The molecule has 0 amide bonds. The van der Waals surface area contributed by atoms with Crippen LogP contribution in [0.3, 0.4) is 0 Å². The maximum absolute atomic E-state index is 11.7. The molecule has 0 unspecified atom stereocenters. The fraction of sp³-hybridized carbons (Fsp3) is 0.267. The van der Waals surface area contributed by atoms with E-state index in [0.29, 0.717) is 5.56 Å². The second-order valence-electron chi connectivity index (χ2n) is 4.55. The topological polar surface area (TPSA) is 69.4 Å². The Morgan fingerprint density at radius 1 is 1.22 bits per heavy atom. The number of allylic oxidation sites excluding steroid dienone is 1. The molecular weight excluding hydrogens is 315 g/mol. The number of hydrogen-bond donors (Lipinski definition) is 0. The number of ether oxygens (including phenoxy) is 1. The molecule has 0 fully saturated rings. The maximum atomic E-state index is 11.7. The number of rotatable bonds is 2. The Bertz CT molecular complexity index is 621. The summed E-state index contributed by atoms with van der Waals surface area (Å²) in [6, 6.07) is 9.03. The van der Waals surface area contributed by atoms with Gasteiger partial charge in [0, 0.05) is 6.08 Å². The number of carbonyl (C=O) groups is 2. The largest absolute Gasteiger partial charge is 0.542 e. The Balaban J connectivity index is 0.000000322. The minimum absolute atomic E-state index is 0.287. The first-order valence-corrected chi connectivity index (χ1v) is 6.50. The quantitative estimate of drug-likeness (QED) is 0.603. The van der Waals surface area contributed by atoms with Crippen LogP contribution in [-0.4, -0.2) is 42.5 Å². The van der Waals surface area contributed by atoms with Gasteiger partial charge in [0.05, 0.1) is 12.0 Å². The minimum atomic E-state index is -5.19. The molecule has 0 saturated carbocycles. The SMILES string of the molecule is C[N+]1=CC=C(OC(=O)c2ccccc2)CC1.O=C([O-])C(F)(F)F. The van der Waals surface area contributed by atoms with E-state index in [4.69, 9.17) is 14.6 Å². The molecule has 1 heterocycles. The lowest BCUT2D eigenvalue weighted by atomic mass is 10.2. The van der Waals surface area contributed by atoms with Crippen LogP contribution in [0.25, 0.3) is 0 Å². The Labute approximate surface area is 130 Å². The third-order valence-electron chi connectivity index (χ3n) is 2.69. The second-order valence-corrected chi connectivity index (χ2v) is 4.55. The molecule has 1 aromatic rings. The monoisotopic (exact) mass is 329 g/mol. The number of carbonyl (C=O) groups excluding carboxylic acids is 2. The zero-order valence-corrected chi connectivity index (χ0v) is 12.2. The molecule has 0 N–H and O–H groups in total. The van der Waals surface area contributed by atoms with Gasteiger partial charge < -0.3 is 14.6 Å². The first-order valence-electron chi connectivity index (χ1n) is 6.50. The smallest absolute Gasteiger partial charge is 0.430 e. The first-order chi connectivity index (χ1) is 10.7. The van der Waals surface area contributed by atoms with Crippen molar-refractivity contribution in [3.63, 3.8) is 0 Å². The number of nitrogens with zero attached hydrogens (tertiary/aromatic N) is 1. The van der Waals surface area contributed by atoms with Crippen molar-refractivity contribution in [3.05, 3.63) is 47.7 Å². The highest BCUT2D eigenvalue weighted by molar-refractivity contribution is 5.90. The molecule has 1 aromatic carbocycles. The summed E-state index contributed by atoms with van der Waals surface area (Å²) in [6.45, 7) is 0.883. The molecule has 0 radical (unpaired) electrons. The molecule has 0 spiro atoms. The molecule has 0 saturated heterocycles. The van der Waals surface area contributed by atoms with Crippen LogP contribution in [0.2, 0.25) is 0 Å². The number of benzene rings is 1. The van der Waals surface area contributed by atoms with Crippen LogP contribution in [0.15, 0.2) is 42.2 Å². The molecule has 0 atom stereocenters. The average molecular weight is 329 g/mol. The van der Waals surface area contributed by atoms with E-state index in [-0.39, 0.29) is 5.97 Å². The Morgan fingerprint density at radius 3 is 2.22 bits per heavy atom. The average Bonchev–Trinajstić information content (AvgIpc) is 2.50. The molecule has 0 bridgehead atoms. The van der Waals surface area contributed by atoms with Gasteiger partial charge in [0.1, 0.15) is 25.3 Å². The zero-order chi connectivity index (χ0) is 17.5. The van der Waals surface area contributed by atoms with E-state index < -0.39 is 12.1 Å².